The van der Waals surface area contributed by atoms with Crippen molar-refractivity contribution in [3.05, 3.63) is 71.5 Å². The van der Waals surface area contributed by atoms with E-state index in [1.54, 1.807) is 30.0 Å². The number of imide groups is 1. The number of nitrogens with one attached hydrogen (secondary N) is 1. The molecule has 2 saturated heterocycles. The smallest absolute Gasteiger partial charge is 0.324 e. The molecule has 0 aliphatic carbocycles. The largest absolute Gasteiger partial charge is 0.325 e. The predicted octanol–water partition coefficient (Wildman–Crippen LogP) is 3.34. The molecule has 162 valence electrons. The first-order valence-electron chi connectivity index (χ1n) is 10.2. The maximum Gasteiger partial charge on any atom is 0.325 e. The average Bonchev–Trinajstić information content (AvgIpc) is 3.33. The molecule has 0 bridgehead atoms. The molecule has 4 amide bonds. The molecule has 2 aliphatic rings. The molecule has 0 radical (unpaired) electrons. The van der Waals surface area contributed by atoms with Gasteiger partial charge in [0.05, 0.1) is 0 Å². The molecule has 2 aliphatic heterocycles. The van der Waals surface area contributed by atoms with Gasteiger partial charge in [0.2, 0.25) is 5.91 Å². The minimum atomic E-state index is -1.06. The number of carbonyl (C=O) groups is 3. The third-order valence-corrected chi connectivity index (χ3v) is 7.02. The highest BCUT2D eigenvalue weighted by atomic mass is 32.2. The van der Waals surface area contributed by atoms with Gasteiger partial charge in [0.25, 0.3) is 5.91 Å². The summed E-state index contributed by atoms with van der Waals surface area (Å²) in [5.74, 6) is -0.479. The van der Waals surface area contributed by atoms with Gasteiger partial charge in [0.15, 0.2) is 0 Å². The first-order chi connectivity index (χ1) is 14.9. The summed E-state index contributed by atoms with van der Waals surface area (Å²) >= 11 is 1.47. The van der Waals surface area contributed by atoms with Gasteiger partial charge in [-0.05, 0) is 31.4 Å². The number of hydrogen-bond donors (Lipinski definition) is 1. The number of nitrogens with zero attached hydrogens (tertiary/aromatic N) is 2. The molecular weight excluding hydrogens is 417 g/mol. The van der Waals surface area contributed by atoms with Crippen molar-refractivity contribution in [2.45, 2.75) is 30.7 Å². The molecule has 0 unspecified atom stereocenters. The van der Waals surface area contributed by atoms with Gasteiger partial charge in [0, 0.05) is 17.9 Å². The molecule has 2 heterocycles. The second kappa shape index (κ2) is 8.70. The normalized spacial score (nSPS) is 23.4. The van der Waals surface area contributed by atoms with Gasteiger partial charge in [-0.25, -0.2) is 9.18 Å². The van der Waals surface area contributed by atoms with Crippen LogP contribution in [-0.2, 0) is 16.0 Å². The Morgan fingerprint density at radius 1 is 1.16 bits per heavy atom. The summed E-state index contributed by atoms with van der Waals surface area (Å²) in [6, 6.07) is 15.5. The van der Waals surface area contributed by atoms with Crippen LogP contribution in [0.4, 0.5) is 9.18 Å². The zero-order valence-corrected chi connectivity index (χ0v) is 18.0. The molecule has 2 atom stereocenters. The summed E-state index contributed by atoms with van der Waals surface area (Å²) < 4.78 is 14.3. The summed E-state index contributed by atoms with van der Waals surface area (Å²) in [4.78, 5) is 41.1. The molecule has 2 aromatic carbocycles. The third kappa shape index (κ3) is 4.30. The molecular formula is C23H24FN3O3S. The number of thioether (sulfide) groups is 1. The number of urea groups is 1. The van der Waals surface area contributed by atoms with Crippen LogP contribution in [0.1, 0.15) is 29.8 Å². The van der Waals surface area contributed by atoms with Crippen LogP contribution in [0.3, 0.4) is 0 Å². The number of carbonyl (C=O) groups excluding carboxylic acids is 3. The number of rotatable bonds is 6. The topological polar surface area (TPSA) is 69.7 Å². The van der Waals surface area contributed by atoms with Crippen molar-refractivity contribution in [3.63, 3.8) is 0 Å². The lowest BCUT2D eigenvalue weighted by Gasteiger charge is -2.26. The number of aryl methyl sites for hydroxylation is 1. The van der Waals surface area contributed by atoms with E-state index in [4.69, 9.17) is 0 Å². The molecule has 6 nitrogen and oxygen atoms in total. The molecule has 1 N–H and O–H groups in total. The van der Waals surface area contributed by atoms with Crippen molar-refractivity contribution in [3.8, 4) is 0 Å². The second-order valence-electron chi connectivity index (χ2n) is 7.97. The van der Waals surface area contributed by atoms with Crippen molar-refractivity contribution in [1.82, 2.24) is 15.1 Å². The fourth-order valence-electron chi connectivity index (χ4n) is 3.98. The molecule has 8 heteroatoms. The minimum Gasteiger partial charge on any atom is -0.324 e. The van der Waals surface area contributed by atoms with Crippen molar-refractivity contribution in [2.24, 2.45) is 0 Å². The Hall–Kier alpha value is -2.87. The highest BCUT2D eigenvalue weighted by molar-refractivity contribution is 7.99. The van der Waals surface area contributed by atoms with Gasteiger partial charge in [-0.1, -0.05) is 48.5 Å². The molecule has 4 rings (SSSR count). The van der Waals surface area contributed by atoms with Crippen LogP contribution in [0.5, 0.6) is 0 Å². The fraction of sp³-hybridized carbons (Fsp3) is 0.348. The van der Waals surface area contributed by atoms with E-state index < -0.39 is 22.9 Å². The monoisotopic (exact) mass is 441 g/mol. The number of benzene rings is 2. The fourth-order valence-corrected chi connectivity index (χ4v) is 5.28. The standard InChI is InChI=1S/C23H24FN3O3S/c1-23(12-11-16-7-3-2-4-8-16)21(29)27(22(30)25-23)15-19(28)26-13-14-31-20(26)17-9-5-6-10-18(17)24/h2-10,20H,11-15H2,1H3,(H,25,30)/t20-,23-/m1/s1. The van der Waals surface area contributed by atoms with Gasteiger partial charge in [-0.3, -0.25) is 14.5 Å². The lowest BCUT2D eigenvalue weighted by molar-refractivity contribution is -0.139. The molecule has 2 aromatic rings. The van der Waals surface area contributed by atoms with Gasteiger partial charge >= 0.3 is 6.03 Å². The SMILES string of the molecule is C[C@]1(CCc2ccccc2)NC(=O)N(CC(=O)N2CCS[C@@H]2c2ccccc2F)C1=O. The Balaban J connectivity index is 1.43. The maximum atomic E-state index is 14.3. The van der Waals surface area contributed by atoms with E-state index in [1.165, 1.54) is 17.8 Å². The Kier molecular flexibility index (Phi) is 6.00. The lowest BCUT2D eigenvalue weighted by Crippen LogP contribution is -2.46. The number of amides is 4. The first-order valence-corrected chi connectivity index (χ1v) is 11.3. The van der Waals surface area contributed by atoms with Crippen LogP contribution in [0.2, 0.25) is 0 Å². The van der Waals surface area contributed by atoms with E-state index in [-0.39, 0.29) is 18.3 Å². The van der Waals surface area contributed by atoms with E-state index in [0.29, 0.717) is 30.7 Å². The highest BCUT2D eigenvalue weighted by Gasteiger charge is 2.48. The second-order valence-corrected chi connectivity index (χ2v) is 9.16. The Morgan fingerprint density at radius 2 is 1.87 bits per heavy atom. The number of hydrogen-bond acceptors (Lipinski definition) is 4. The van der Waals surface area contributed by atoms with Crippen molar-refractivity contribution in [2.75, 3.05) is 18.8 Å². The summed E-state index contributed by atoms with van der Waals surface area (Å²) in [7, 11) is 0. The van der Waals surface area contributed by atoms with Crippen molar-refractivity contribution >= 4 is 29.6 Å². The van der Waals surface area contributed by atoms with E-state index in [1.807, 2.05) is 30.3 Å². The molecule has 31 heavy (non-hydrogen) atoms. The van der Waals surface area contributed by atoms with Crippen molar-refractivity contribution in [1.29, 1.82) is 0 Å². The van der Waals surface area contributed by atoms with Gasteiger partial charge < -0.3 is 10.2 Å². The van der Waals surface area contributed by atoms with Crippen LogP contribution in [0.15, 0.2) is 54.6 Å². The Morgan fingerprint density at radius 3 is 2.61 bits per heavy atom. The Bertz CT molecular complexity index is 1000. The summed E-state index contributed by atoms with van der Waals surface area (Å²) in [6.45, 7) is 1.78. The average molecular weight is 442 g/mol. The summed E-state index contributed by atoms with van der Waals surface area (Å²) in [5, 5.41) is 2.29. The quantitative estimate of drug-likeness (QED) is 0.698. The van der Waals surface area contributed by atoms with Gasteiger partial charge in [0.1, 0.15) is 23.3 Å². The van der Waals surface area contributed by atoms with Crippen LogP contribution >= 0.6 is 11.8 Å². The van der Waals surface area contributed by atoms with Crippen LogP contribution < -0.4 is 5.32 Å². The molecule has 0 spiro atoms. The lowest BCUT2D eigenvalue weighted by atomic mass is 9.93. The van der Waals surface area contributed by atoms with Crippen molar-refractivity contribution < 1.29 is 18.8 Å². The summed E-state index contributed by atoms with van der Waals surface area (Å²) in [6.07, 6.45) is 1.06. The molecule has 0 aromatic heterocycles. The Labute approximate surface area is 184 Å². The van der Waals surface area contributed by atoms with Crippen LogP contribution in [0.25, 0.3) is 0 Å². The molecule has 0 saturated carbocycles. The first kappa shape index (κ1) is 21.4. The summed E-state index contributed by atoms with van der Waals surface area (Å²) in [5.41, 5.74) is 0.447. The zero-order chi connectivity index (χ0) is 22.0. The van der Waals surface area contributed by atoms with Gasteiger partial charge in [-0.2, -0.15) is 0 Å². The maximum absolute atomic E-state index is 14.3. The van der Waals surface area contributed by atoms with Gasteiger partial charge in [-0.15, -0.1) is 11.8 Å². The van der Waals surface area contributed by atoms with E-state index in [9.17, 15) is 18.8 Å². The van der Waals surface area contributed by atoms with E-state index in [0.717, 1.165) is 10.5 Å². The third-order valence-electron chi connectivity index (χ3n) is 5.78. The minimum absolute atomic E-state index is 0.350. The zero-order valence-electron chi connectivity index (χ0n) is 17.2. The predicted molar refractivity (Wildman–Crippen MR) is 117 cm³/mol. The van der Waals surface area contributed by atoms with E-state index >= 15 is 0 Å². The highest BCUT2D eigenvalue weighted by Crippen LogP contribution is 2.39. The van der Waals surface area contributed by atoms with E-state index in [2.05, 4.69) is 5.32 Å². The van der Waals surface area contributed by atoms with Crippen LogP contribution in [0, 0.1) is 5.82 Å². The molecule has 2 fully saturated rings. The van der Waals surface area contributed by atoms with Crippen LogP contribution in [-0.4, -0.2) is 52.0 Å². The number of halogens is 1.